The molecule has 6 nitrogen and oxygen atoms in total. The largest absolute Gasteiger partial charge is 0.504 e. The molecule has 0 aliphatic carbocycles. The monoisotopic (exact) mass is 374 g/mol. The van der Waals surface area contributed by atoms with Crippen LogP contribution in [-0.4, -0.2) is 32.8 Å². The van der Waals surface area contributed by atoms with E-state index in [1.165, 1.54) is 10.9 Å². The highest BCUT2D eigenvalue weighted by molar-refractivity contribution is 7.71. The number of phenolic OH excluding ortho intramolecular Hbond substituents is 1. The number of nitrogens with zero attached hydrogens (tertiary/aromatic N) is 3. The van der Waals surface area contributed by atoms with Gasteiger partial charge in [0, 0.05) is 16.1 Å². The van der Waals surface area contributed by atoms with E-state index in [0.29, 0.717) is 33.5 Å². The van der Waals surface area contributed by atoms with Crippen molar-refractivity contribution in [2.24, 2.45) is 5.10 Å². The number of aromatic nitrogens is 3. The third-order valence-electron chi connectivity index (χ3n) is 3.38. The molecule has 8 heteroatoms. The van der Waals surface area contributed by atoms with Gasteiger partial charge in [-0.05, 0) is 43.4 Å². The molecule has 0 amide bonds. The molecule has 0 atom stereocenters. The van der Waals surface area contributed by atoms with Crippen LogP contribution in [0.2, 0.25) is 5.02 Å². The Kier molecular flexibility index (Phi) is 5.16. The van der Waals surface area contributed by atoms with Gasteiger partial charge in [-0.3, -0.25) is 0 Å². The van der Waals surface area contributed by atoms with Gasteiger partial charge in [-0.2, -0.15) is 14.9 Å². The molecule has 0 saturated carbocycles. The fourth-order valence-electron chi connectivity index (χ4n) is 2.25. The van der Waals surface area contributed by atoms with Crippen LogP contribution >= 0.6 is 23.8 Å². The Bertz CT molecular complexity index is 981. The smallest absolute Gasteiger partial charge is 0.216 e. The number of phenols is 1. The number of nitrogens with one attached hydrogen (secondary N) is 1. The van der Waals surface area contributed by atoms with Gasteiger partial charge in [-0.15, -0.1) is 0 Å². The van der Waals surface area contributed by atoms with Crippen molar-refractivity contribution in [1.29, 1.82) is 0 Å². The van der Waals surface area contributed by atoms with Crippen LogP contribution in [0.3, 0.4) is 0 Å². The highest BCUT2D eigenvalue weighted by atomic mass is 35.5. The van der Waals surface area contributed by atoms with E-state index < -0.39 is 0 Å². The summed E-state index contributed by atoms with van der Waals surface area (Å²) in [4.78, 5) is 0. The molecule has 25 heavy (non-hydrogen) atoms. The van der Waals surface area contributed by atoms with Gasteiger partial charge in [-0.25, -0.2) is 5.10 Å². The molecule has 0 saturated heterocycles. The van der Waals surface area contributed by atoms with E-state index in [9.17, 15) is 5.11 Å². The summed E-state index contributed by atoms with van der Waals surface area (Å²) < 4.78 is 7.16. The molecule has 0 spiro atoms. The van der Waals surface area contributed by atoms with E-state index in [1.807, 2.05) is 19.1 Å². The van der Waals surface area contributed by atoms with E-state index in [0.717, 1.165) is 5.56 Å². The SMILES string of the molecule is CCOc1cccc(/C=N\n2c(-c3cccc(Cl)c3)n[nH]c2=S)c1O. The van der Waals surface area contributed by atoms with Gasteiger partial charge in [0.05, 0.1) is 12.8 Å². The third kappa shape index (κ3) is 3.72. The van der Waals surface area contributed by atoms with Crippen molar-refractivity contribution in [3.8, 4) is 22.9 Å². The zero-order valence-electron chi connectivity index (χ0n) is 13.3. The van der Waals surface area contributed by atoms with E-state index in [1.54, 1.807) is 30.3 Å². The number of hydrogen-bond acceptors (Lipinski definition) is 5. The Morgan fingerprint density at radius 3 is 2.92 bits per heavy atom. The number of benzene rings is 2. The Labute approximate surface area is 154 Å². The number of para-hydroxylation sites is 1. The molecular weight excluding hydrogens is 360 g/mol. The van der Waals surface area contributed by atoms with Crippen molar-refractivity contribution < 1.29 is 9.84 Å². The summed E-state index contributed by atoms with van der Waals surface area (Å²) in [5.74, 6) is 0.939. The summed E-state index contributed by atoms with van der Waals surface area (Å²) in [5.41, 5.74) is 1.27. The minimum atomic E-state index is 0.0208. The Morgan fingerprint density at radius 2 is 2.16 bits per heavy atom. The quantitative estimate of drug-likeness (QED) is 0.517. The number of hydrogen-bond donors (Lipinski definition) is 2. The van der Waals surface area contributed by atoms with E-state index in [4.69, 9.17) is 28.6 Å². The maximum absolute atomic E-state index is 10.2. The maximum atomic E-state index is 10.2. The van der Waals surface area contributed by atoms with Crippen molar-refractivity contribution in [3.05, 3.63) is 57.8 Å². The first-order valence-corrected chi connectivity index (χ1v) is 8.31. The summed E-state index contributed by atoms with van der Waals surface area (Å²) >= 11 is 11.3. The van der Waals surface area contributed by atoms with Crippen molar-refractivity contribution in [3.63, 3.8) is 0 Å². The number of ether oxygens (including phenoxy) is 1. The predicted octanol–water partition coefficient (Wildman–Crippen LogP) is 4.25. The van der Waals surface area contributed by atoms with Crippen LogP contribution in [0.1, 0.15) is 12.5 Å². The average Bonchev–Trinajstić information content (AvgIpc) is 2.97. The van der Waals surface area contributed by atoms with Gasteiger partial charge in [0.1, 0.15) is 0 Å². The van der Waals surface area contributed by atoms with E-state index in [2.05, 4.69) is 15.3 Å². The molecule has 0 aliphatic rings. The molecule has 2 N–H and O–H groups in total. The first kappa shape index (κ1) is 17.2. The van der Waals surface area contributed by atoms with Crippen LogP contribution in [0.25, 0.3) is 11.4 Å². The summed E-state index contributed by atoms with van der Waals surface area (Å²) in [7, 11) is 0. The second-order valence-electron chi connectivity index (χ2n) is 5.05. The van der Waals surface area contributed by atoms with Gasteiger partial charge < -0.3 is 9.84 Å². The lowest BCUT2D eigenvalue weighted by molar-refractivity contribution is 0.318. The van der Waals surface area contributed by atoms with Crippen LogP contribution in [-0.2, 0) is 0 Å². The highest BCUT2D eigenvalue weighted by Gasteiger charge is 2.10. The Hall–Kier alpha value is -2.64. The average molecular weight is 375 g/mol. The second-order valence-corrected chi connectivity index (χ2v) is 5.87. The van der Waals surface area contributed by atoms with Crippen LogP contribution in [0.4, 0.5) is 0 Å². The molecule has 2 aromatic carbocycles. The molecule has 3 rings (SSSR count). The van der Waals surface area contributed by atoms with E-state index >= 15 is 0 Å². The lowest BCUT2D eigenvalue weighted by Crippen LogP contribution is -1.97. The lowest BCUT2D eigenvalue weighted by atomic mass is 10.2. The Morgan fingerprint density at radius 1 is 1.36 bits per heavy atom. The van der Waals surface area contributed by atoms with Crippen molar-refractivity contribution >= 4 is 30.0 Å². The Balaban J connectivity index is 1.99. The molecule has 128 valence electrons. The third-order valence-corrected chi connectivity index (χ3v) is 3.87. The minimum Gasteiger partial charge on any atom is -0.504 e. The summed E-state index contributed by atoms with van der Waals surface area (Å²) in [5, 5.41) is 22.1. The topological polar surface area (TPSA) is 75.4 Å². The van der Waals surface area contributed by atoms with Crippen LogP contribution in [0.15, 0.2) is 47.6 Å². The van der Waals surface area contributed by atoms with Crippen molar-refractivity contribution in [1.82, 2.24) is 14.9 Å². The summed E-state index contributed by atoms with van der Waals surface area (Å²) in [6.45, 7) is 2.31. The van der Waals surface area contributed by atoms with Gasteiger partial charge in [0.2, 0.25) is 4.77 Å². The minimum absolute atomic E-state index is 0.0208. The number of aromatic amines is 1. The molecule has 0 unspecified atom stereocenters. The molecule has 0 bridgehead atoms. The summed E-state index contributed by atoms with van der Waals surface area (Å²) in [6, 6.07) is 12.4. The number of aromatic hydroxyl groups is 1. The number of H-pyrrole nitrogens is 1. The van der Waals surface area contributed by atoms with Gasteiger partial charge in [0.15, 0.2) is 17.3 Å². The first-order valence-electron chi connectivity index (χ1n) is 7.52. The summed E-state index contributed by atoms with van der Waals surface area (Å²) in [6.07, 6.45) is 1.50. The van der Waals surface area contributed by atoms with Crippen molar-refractivity contribution in [2.75, 3.05) is 6.61 Å². The first-order chi connectivity index (χ1) is 12.1. The fourth-order valence-corrected chi connectivity index (χ4v) is 2.62. The molecule has 1 aromatic heterocycles. The molecule has 1 heterocycles. The van der Waals surface area contributed by atoms with Crippen LogP contribution < -0.4 is 4.74 Å². The molecule has 0 fully saturated rings. The number of rotatable bonds is 5. The zero-order valence-corrected chi connectivity index (χ0v) is 14.9. The van der Waals surface area contributed by atoms with Gasteiger partial charge in [0.25, 0.3) is 0 Å². The predicted molar refractivity (Wildman–Crippen MR) is 100 cm³/mol. The normalized spacial score (nSPS) is 11.1. The fraction of sp³-hybridized carbons (Fsp3) is 0.118. The molecule has 0 aliphatic heterocycles. The van der Waals surface area contributed by atoms with Crippen molar-refractivity contribution in [2.45, 2.75) is 6.92 Å². The van der Waals surface area contributed by atoms with Gasteiger partial charge >= 0.3 is 0 Å². The standard InChI is InChI=1S/C17H15ClN4O2S/c1-2-24-14-8-4-6-12(15(14)23)10-19-22-16(20-21-17(22)25)11-5-3-7-13(18)9-11/h3-10,23H,2H2,1H3,(H,21,25)/b19-10-. The molecule has 3 aromatic rings. The van der Waals surface area contributed by atoms with E-state index in [-0.39, 0.29) is 5.75 Å². The number of halogens is 1. The second kappa shape index (κ2) is 7.50. The maximum Gasteiger partial charge on any atom is 0.216 e. The van der Waals surface area contributed by atoms with Crippen LogP contribution in [0.5, 0.6) is 11.5 Å². The molecule has 0 radical (unpaired) electrons. The molecular formula is C17H15ClN4O2S. The zero-order chi connectivity index (χ0) is 17.8. The lowest BCUT2D eigenvalue weighted by Gasteiger charge is -2.07. The highest BCUT2D eigenvalue weighted by Crippen LogP contribution is 2.28. The van der Waals surface area contributed by atoms with Gasteiger partial charge in [-0.1, -0.05) is 29.8 Å². The van der Waals surface area contributed by atoms with Crippen LogP contribution in [0, 0.1) is 4.77 Å².